The standard InChI is InChI=1S/C17H20F3N3O2.ClH/c1-10(11-4-6-21-7-5-11)8-15(24)22-12-2-3-14-13(9-12)23-16(25-14)17(18,19)20;/h2-3,9-11,21H,4-8H2,1H3,(H,22,24);1H. The van der Waals surface area contributed by atoms with Gasteiger partial charge in [-0.05, 0) is 56.0 Å². The van der Waals surface area contributed by atoms with Crippen LogP contribution in [0.2, 0.25) is 0 Å². The number of nitrogens with zero attached hydrogens (tertiary/aromatic N) is 1. The van der Waals surface area contributed by atoms with Crippen molar-refractivity contribution >= 4 is 35.1 Å². The van der Waals surface area contributed by atoms with Gasteiger partial charge >= 0.3 is 12.1 Å². The summed E-state index contributed by atoms with van der Waals surface area (Å²) in [6, 6.07) is 4.28. The third-order valence-electron chi connectivity index (χ3n) is 4.61. The van der Waals surface area contributed by atoms with Crippen LogP contribution in [0.25, 0.3) is 11.1 Å². The Labute approximate surface area is 155 Å². The van der Waals surface area contributed by atoms with Crippen LogP contribution < -0.4 is 10.6 Å². The van der Waals surface area contributed by atoms with Gasteiger partial charge in [-0.2, -0.15) is 13.2 Å². The number of fused-ring (bicyclic) bond motifs is 1. The molecule has 1 unspecified atom stereocenters. The lowest BCUT2D eigenvalue weighted by molar-refractivity contribution is -0.156. The lowest BCUT2D eigenvalue weighted by Gasteiger charge is -2.27. The molecular weight excluding hydrogens is 371 g/mol. The first kappa shape index (κ1) is 20.5. The first-order valence-electron chi connectivity index (χ1n) is 8.31. The molecule has 1 saturated heterocycles. The molecule has 2 heterocycles. The van der Waals surface area contributed by atoms with Gasteiger partial charge in [0.05, 0.1) is 0 Å². The minimum Gasteiger partial charge on any atom is -0.433 e. The monoisotopic (exact) mass is 391 g/mol. The quantitative estimate of drug-likeness (QED) is 0.818. The lowest BCUT2D eigenvalue weighted by atomic mass is 9.84. The number of rotatable bonds is 4. The van der Waals surface area contributed by atoms with Crippen molar-refractivity contribution in [3.63, 3.8) is 0 Å². The second kappa shape index (κ2) is 8.26. The van der Waals surface area contributed by atoms with Crippen molar-refractivity contribution in [1.82, 2.24) is 10.3 Å². The number of carbonyl (C=O) groups is 1. The number of amides is 1. The fourth-order valence-electron chi connectivity index (χ4n) is 3.21. The van der Waals surface area contributed by atoms with Gasteiger partial charge in [0.1, 0.15) is 5.52 Å². The minimum absolute atomic E-state index is 0. The predicted molar refractivity (Wildman–Crippen MR) is 94.3 cm³/mol. The summed E-state index contributed by atoms with van der Waals surface area (Å²) in [6.45, 7) is 4.01. The molecule has 0 saturated carbocycles. The highest BCUT2D eigenvalue weighted by Crippen LogP contribution is 2.32. The van der Waals surface area contributed by atoms with Crippen molar-refractivity contribution in [2.75, 3.05) is 18.4 Å². The summed E-state index contributed by atoms with van der Waals surface area (Å²) >= 11 is 0. The molecule has 0 aliphatic carbocycles. The summed E-state index contributed by atoms with van der Waals surface area (Å²) in [5.74, 6) is -0.662. The molecule has 1 amide bonds. The van der Waals surface area contributed by atoms with E-state index in [9.17, 15) is 18.0 Å². The molecule has 144 valence electrons. The van der Waals surface area contributed by atoms with Gasteiger partial charge in [-0.3, -0.25) is 4.79 Å². The van der Waals surface area contributed by atoms with E-state index in [1.54, 1.807) is 0 Å². The Balaban J connectivity index is 0.00000243. The van der Waals surface area contributed by atoms with Crippen LogP contribution in [0, 0.1) is 11.8 Å². The van der Waals surface area contributed by atoms with Crippen LogP contribution in [0.3, 0.4) is 0 Å². The highest BCUT2D eigenvalue weighted by atomic mass is 35.5. The summed E-state index contributed by atoms with van der Waals surface area (Å²) in [6.07, 6.45) is -2.14. The van der Waals surface area contributed by atoms with Crippen molar-refractivity contribution in [1.29, 1.82) is 0 Å². The molecule has 1 aliphatic rings. The van der Waals surface area contributed by atoms with E-state index in [2.05, 4.69) is 27.0 Å². The van der Waals surface area contributed by atoms with Gasteiger partial charge in [0.25, 0.3) is 0 Å². The predicted octanol–water partition coefficient (Wildman–Crippen LogP) is 4.23. The first-order valence-corrected chi connectivity index (χ1v) is 8.31. The maximum atomic E-state index is 12.6. The highest BCUT2D eigenvalue weighted by Gasteiger charge is 2.37. The van der Waals surface area contributed by atoms with Crippen LogP contribution in [-0.2, 0) is 11.0 Å². The first-order chi connectivity index (χ1) is 11.8. The summed E-state index contributed by atoms with van der Waals surface area (Å²) in [7, 11) is 0. The minimum atomic E-state index is -4.63. The van der Waals surface area contributed by atoms with E-state index in [1.165, 1.54) is 18.2 Å². The summed E-state index contributed by atoms with van der Waals surface area (Å²) in [5, 5.41) is 6.03. The maximum absolute atomic E-state index is 12.6. The number of aromatic nitrogens is 1. The Morgan fingerprint density at radius 3 is 2.73 bits per heavy atom. The van der Waals surface area contributed by atoms with Gasteiger partial charge in [-0.15, -0.1) is 12.4 Å². The Morgan fingerprint density at radius 2 is 2.08 bits per heavy atom. The second-order valence-electron chi connectivity index (χ2n) is 6.52. The van der Waals surface area contributed by atoms with Crippen LogP contribution in [0.15, 0.2) is 22.6 Å². The normalized spacial score (nSPS) is 16.9. The molecule has 0 spiro atoms. The van der Waals surface area contributed by atoms with Gasteiger partial charge in [0.15, 0.2) is 5.58 Å². The Kier molecular flexibility index (Phi) is 6.52. The third kappa shape index (κ3) is 4.88. The smallest absolute Gasteiger partial charge is 0.433 e. The Hall–Kier alpha value is -1.80. The van der Waals surface area contributed by atoms with Crippen molar-refractivity contribution in [3.05, 3.63) is 24.1 Å². The van der Waals surface area contributed by atoms with E-state index in [0.717, 1.165) is 25.9 Å². The molecule has 1 aromatic heterocycles. The van der Waals surface area contributed by atoms with Crippen molar-refractivity contribution < 1.29 is 22.4 Å². The molecular formula is C17H21ClF3N3O2. The molecule has 1 atom stereocenters. The van der Waals surface area contributed by atoms with E-state index in [0.29, 0.717) is 18.0 Å². The number of nitrogens with one attached hydrogen (secondary N) is 2. The summed E-state index contributed by atoms with van der Waals surface area (Å²) in [4.78, 5) is 15.7. The van der Waals surface area contributed by atoms with E-state index in [4.69, 9.17) is 0 Å². The molecule has 1 fully saturated rings. The molecule has 0 bridgehead atoms. The van der Waals surface area contributed by atoms with Crippen LogP contribution >= 0.6 is 12.4 Å². The van der Waals surface area contributed by atoms with Crippen molar-refractivity contribution in [2.24, 2.45) is 11.8 Å². The van der Waals surface area contributed by atoms with Gasteiger partial charge in [-0.25, -0.2) is 4.98 Å². The van der Waals surface area contributed by atoms with Gasteiger partial charge in [-0.1, -0.05) is 6.92 Å². The highest BCUT2D eigenvalue weighted by molar-refractivity contribution is 5.92. The summed E-state index contributed by atoms with van der Waals surface area (Å²) < 4.78 is 42.6. The average Bonchev–Trinajstić information content (AvgIpc) is 2.99. The number of oxazole rings is 1. The van der Waals surface area contributed by atoms with Gasteiger partial charge in [0, 0.05) is 12.1 Å². The van der Waals surface area contributed by atoms with E-state index >= 15 is 0 Å². The SMILES string of the molecule is CC(CC(=O)Nc1ccc2oc(C(F)(F)F)nc2c1)C1CCNCC1.Cl. The molecule has 1 aliphatic heterocycles. The zero-order valence-electron chi connectivity index (χ0n) is 14.2. The number of halogens is 4. The average molecular weight is 392 g/mol. The number of benzene rings is 1. The molecule has 2 aromatic rings. The molecule has 26 heavy (non-hydrogen) atoms. The molecule has 3 rings (SSSR count). The fourth-order valence-corrected chi connectivity index (χ4v) is 3.21. The topological polar surface area (TPSA) is 67.2 Å². The van der Waals surface area contributed by atoms with E-state index in [1.807, 2.05) is 0 Å². The van der Waals surface area contributed by atoms with Crippen LogP contribution in [0.1, 0.15) is 32.1 Å². The van der Waals surface area contributed by atoms with Crippen LogP contribution in [0.4, 0.5) is 18.9 Å². The van der Waals surface area contributed by atoms with Crippen LogP contribution in [-0.4, -0.2) is 24.0 Å². The number of piperidine rings is 1. The second-order valence-corrected chi connectivity index (χ2v) is 6.52. The van der Waals surface area contributed by atoms with Gasteiger partial charge in [0.2, 0.25) is 5.91 Å². The fraction of sp³-hybridized carbons (Fsp3) is 0.529. The van der Waals surface area contributed by atoms with Gasteiger partial charge < -0.3 is 15.1 Å². The van der Waals surface area contributed by atoms with E-state index < -0.39 is 12.1 Å². The summed E-state index contributed by atoms with van der Waals surface area (Å²) in [5.41, 5.74) is 0.516. The third-order valence-corrected chi connectivity index (χ3v) is 4.61. The van der Waals surface area contributed by atoms with Crippen molar-refractivity contribution in [2.45, 2.75) is 32.4 Å². The Bertz CT molecular complexity index is 757. The molecule has 2 N–H and O–H groups in total. The largest absolute Gasteiger partial charge is 0.468 e. The number of hydrogen-bond acceptors (Lipinski definition) is 4. The molecule has 1 aromatic carbocycles. The molecule has 0 radical (unpaired) electrons. The van der Waals surface area contributed by atoms with E-state index in [-0.39, 0.29) is 35.3 Å². The zero-order valence-corrected chi connectivity index (χ0v) is 15.0. The number of hydrogen-bond donors (Lipinski definition) is 2. The van der Waals surface area contributed by atoms with Crippen LogP contribution in [0.5, 0.6) is 0 Å². The Morgan fingerprint density at radius 1 is 1.38 bits per heavy atom. The molecule has 9 heteroatoms. The maximum Gasteiger partial charge on any atom is 0.468 e. The zero-order chi connectivity index (χ0) is 18.0. The molecule has 5 nitrogen and oxygen atoms in total. The lowest BCUT2D eigenvalue weighted by Crippen LogP contribution is -2.32. The number of anilines is 1. The number of alkyl halides is 3. The van der Waals surface area contributed by atoms with Crippen molar-refractivity contribution in [3.8, 4) is 0 Å². The number of carbonyl (C=O) groups excluding carboxylic acids is 1.